The van der Waals surface area contributed by atoms with Gasteiger partial charge in [0, 0.05) is 12.8 Å². The van der Waals surface area contributed by atoms with Gasteiger partial charge in [-0.15, -0.1) is 11.3 Å². The lowest BCUT2D eigenvalue weighted by molar-refractivity contribution is -0.140. The second kappa shape index (κ2) is 7.17. The second-order valence-electron chi connectivity index (χ2n) is 3.54. The Kier molecular flexibility index (Phi) is 5.78. The molecular weight excluding hydrogens is 224 g/mol. The number of hydrogen-bond donors (Lipinski definition) is 0. The van der Waals surface area contributed by atoms with Crippen molar-refractivity contribution in [2.24, 2.45) is 0 Å². The largest absolute Gasteiger partial charge is 0.469 e. The molecule has 4 heteroatoms. The summed E-state index contributed by atoms with van der Waals surface area (Å²) in [6.45, 7) is 0. The van der Waals surface area contributed by atoms with E-state index in [2.05, 4.69) is 4.74 Å². The first-order chi connectivity index (χ1) is 7.74. The molecule has 0 atom stereocenters. The zero-order valence-electron chi connectivity index (χ0n) is 9.40. The van der Waals surface area contributed by atoms with Gasteiger partial charge in [-0.25, -0.2) is 0 Å². The van der Waals surface area contributed by atoms with Crippen LogP contribution in [0, 0.1) is 0 Å². The molecule has 0 bridgehead atoms. The van der Waals surface area contributed by atoms with Crippen LogP contribution >= 0.6 is 11.3 Å². The zero-order valence-corrected chi connectivity index (χ0v) is 10.2. The topological polar surface area (TPSA) is 43.4 Å². The monoisotopic (exact) mass is 240 g/mol. The molecule has 0 unspecified atom stereocenters. The highest BCUT2D eigenvalue weighted by molar-refractivity contribution is 7.12. The van der Waals surface area contributed by atoms with Gasteiger partial charge in [-0.2, -0.15) is 0 Å². The summed E-state index contributed by atoms with van der Waals surface area (Å²) in [5.41, 5.74) is 0. The molecule has 1 aromatic rings. The number of Topliss-reactive ketones (excluding diaryl/α,β-unsaturated/α-hetero) is 1. The van der Waals surface area contributed by atoms with Gasteiger partial charge in [0.25, 0.3) is 0 Å². The SMILES string of the molecule is COC(=O)CCCCCC(=O)c1cccs1. The minimum absolute atomic E-state index is 0.176. The Bertz CT molecular complexity index is 330. The van der Waals surface area contributed by atoms with Crippen LogP contribution in [-0.4, -0.2) is 18.9 Å². The fourth-order valence-electron chi connectivity index (χ4n) is 1.39. The molecule has 0 aliphatic carbocycles. The minimum atomic E-state index is -0.176. The quantitative estimate of drug-likeness (QED) is 0.418. The van der Waals surface area contributed by atoms with E-state index in [1.54, 1.807) is 0 Å². The molecule has 0 saturated heterocycles. The molecule has 1 rings (SSSR count). The highest BCUT2D eigenvalue weighted by Gasteiger charge is 2.06. The van der Waals surface area contributed by atoms with Gasteiger partial charge in [-0.1, -0.05) is 12.5 Å². The van der Waals surface area contributed by atoms with Gasteiger partial charge < -0.3 is 4.74 Å². The summed E-state index contributed by atoms with van der Waals surface area (Å²) in [6, 6.07) is 3.73. The Morgan fingerprint density at radius 3 is 2.62 bits per heavy atom. The highest BCUT2D eigenvalue weighted by atomic mass is 32.1. The standard InChI is InChI=1S/C12H16O3S/c1-15-12(14)8-4-2-3-6-10(13)11-7-5-9-16-11/h5,7,9H,2-4,6,8H2,1H3. The first-order valence-corrected chi connectivity index (χ1v) is 6.25. The lowest BCUT2D eigenvalue weighted by atomic mass is 10.1. The number of ether oxygens (including phenoxy) is 1. The van der Waals surface area contributed by atoms with Gasteiger partial charge in [0.15, 0.2) is 5.78 Å². The predicted octanol–water partition coefficient (Wildman–Crippen LogP) is 3.05. The van der Waals surface area contributed by atoms with Crippen molar-refractivity contribution in [3.05, 3.63) is 22.4 Å². The van der Waals surface area contributed by atoms with Crippen molar-refractivity contribution < 1.29 is 14.3 Å². The van der Waals surface area contributed by atoms with Gasteiger partial charge >= 0.3 is 5.97 Å². The zero-order chi connectivity index (χ0) is 11.8. The molecule has 0 aliphatic heterocycles. The van der Waals surface area contributed by atoms with Crippen molar-refractivity contribution >= 4 is 23.1 Å². The third-order valence-electron chi connectivity index (χ3n) is 2.31. The van der Waals surface area contributed by atoms with Gasteiger partial charge in [-0.05, 0) is 24.3 Å². The van der Waals surface area contributed by atoms with Gasteiger partial charge in [0.05, 0.1) is 12.0 Å². The first-order valence-electron chi connectivity index (χ1n) is 5.37. The van der Waals surface area contributed by atoms with Crippen LogP contribution in [-0.2, 0) is 9.53 Å². The molecule has 88 valence electrons. The Morgan fingerprint density at radius 2 is 2.00 bits per heavy atom. The molecular formula is C12H16O3S. The molecule has 0 amide bonds. The first kappa shape index (κ1) is 12.9. The average molecular weight is 240 g/mol. The normalized spacial score (nSPS) is 10.1. The fraction of sp³-hybridized carbons (Fsp3) is 0.500. The van der Waals surface area contributed by atoms with Crippen molar-refractivity contribution in [1.29, 1.82) is 0 Å². The summed E-state index contributed by atoms with van der Waals surface area (Å²) >= 11 is 1.48. The van der Waals surface area contributed by atoms with Crippen LogP contribution < -0.4 is 0 Å². The van der Waals surface area contributed by atoms with Gasteiger partial charge in [0.2, 0.25) is 0 Å². The summed E-state index contributed by atoms with van der Waals surface area (Å²) < 4.78 is 4.53. The van der Waals surface area contributed by atoms with E-state index < -0.39 is 0 Å². The molecule has 0 aliphatic rings. The van der Waals surface area contributed by atoms with Crippen molar-refractivity contribution in [1.82, 2.24) is 0 Å². The Morgan fingerprint density at radius 1 is 1.25 bits per heavy atom. The van der Waals surface area contributed by atoms with Crippen molar-refractivity contribution in [3.8, 4) is 0 Å². The maximum absolute atomic E-state index is 11.6. The third kappa shape index (κ3) is 4.57. The van der Waals surface area contributed by atoms with Gasteiger partial charge in [-0.3, -0.25) is 9.59 Å². The van der Waals surface area contributed by atoms with Gasteiger partial charge in [0.1, 0.15) is 0 Å². The molecule has 0 aromatic carbocycles. The number of rotatable bonds is 7. The molecule has 1 aromatic heterocycles. The third-order valence-corrected chi connectivity index (χ3v) is 3.22. The van der Waals surface area contributed by atoms with E-state index >= 15 is 0 Å². The maximum Gasteiger partial charge on any atom is 0.305 e. The summed E-state index contributed by atoms with van der Waals surface area (Å²) in [5, 5.41) is 1.91. The number of esters is 1. The van der Waals surface area contributed by atoms with Crippen molar-refractivity contribution in [3.63, 3.8) is 0 Å². The number of unbranched alkanes of at least 4 members (excludes halogenated alkanes) is 2. The molecule has 16 heavy (non-hydrogen) atoms. The van der Waals surface area contributed by atoms with E-state index in [-0.39, 0.29) is 11.8 Å². The van der Waals surface area contributed by atoms with Crippen LogP contribution in [0.4, 0.5) is 0 Å². The van der Waals surface area contributed by atoms with E-state index in [0.717, 1.165) is 24.1 Å². The van der Waals surface area contributed by atoms with Crippen LogP contribution in [0.25, 0.3) is 0 Å². The fourth-order valence-corrected chi connectivity index (χ4v) is 2.09. The number of thiophene rings is 1. The number of hydrogen-bond acceptors (Lipinski definition) is 4. The summed E-state index contributed by atoms with van der Waals surface area (Å²) in [5.74, 6) is 0.0256. The number of ketones is 1. The van der Waals surface area contributed by atoms with Crippen LogP contribution in [0.15, 0.2) is 17.5 Å². The second-order valence-corrected chi connectivity index (χ2v) is 4.48. The van der Waals surface area contributed by atoms with Crippen LogP contribution in [0.3, 0.4) is 0 Å². The van der Waals surface area contributed by atoms with Crippen LogP contribution in [0.2, 0.25) is 0 Å². The smallest absolute Gasteiger partial charge is 0.305 e. The van der Waals surface area contributed by atoms with E-state index in [1.165, 1.54) is 18.4 Å². The van der Waals surface area contributed by atoms with Crippen molar-refractivity contribution in [2.45, 2.75) is 32.1 Å². The molecule has 3 nitrogen and oxygen atoms in total. The van der Waals surface area contributed by atoms with E-state index in [4.69, 9.17) is 0 Å². The van der Waals surface area contributed by atoms with Crippen LogP contribution in [0.1, 0.15) is 41.8 Å². The average Bonchev–Trinajstić information content (AvgIpc) is 2.81. The lowest BCUT2D eigenvalue weighted by Gasteiger charge is -1.99. The molecule has 0 spiro atoms. The van der Waals surface area contributed by atoms with Crippen LogP contribution in [0.5, 0.6) is 0 Å². The number of carbonyl (C=O) groups excluding carboxylic acids is 2. The Labute approximate surface area is 99.4 Å². The molecule has 1 heterocycles. The van der Waals surface area contributed by atoms with E-state index in [9.17, 15) is 9.59 Å². The summed E-state index contributed by atoms with van der Waals surface area (Å²) in [6.07, 6.45) is 3.55. The molecule has 0 radical (unpaired) electrons. The summed E-state index contributed by atoms with van der Waals surface area (Å²) in [7, 11) is 1.39. The molecule has 0 N–H and O–H groups in total. The van der Waals surface area contributed by atoms with E-state index in [1.807, 2.05) is 17.5 Å². The Balaban J connectivity index is 2.08. The van der Waals surface area contributed by atoms with E-state index in [0.29, 0.717) is 12.8 Å². The summed E-state index contributed by atoms with van der Waals surface area (Å²) in [4.78, 5) is 23.2. The Hall–Kier alpha value is -1.16. The number of carbonyl (C=O) groups is 2. The number of methoxy groups -OCH3 is 1. The minimum Gasteiger partial charge on any atom is -0.469 e. The molecule has 0 saturated carbocycles. The predicted molar refractivity (Wildman–Crippen MR) is 63.8 cm³/mol. The molecule has 0 fully saturated rings. The van der Waals surface area contributed by atoms with Crippen molar-refractivity contribution in [2.75, 3.05) is 7.11 Å². The lowest BCUT2D eigenvalue weighted by Crippen LogP contribution is -2.00. The highest BCUT2D eigenvalue weighted by Crippen LogP contribution is 2.14. The maximum atomic E-state index is 11.6.